The van der Waals surface area contributed by atoms with E-state index in [1.54, 1.807) is 0 Å². The second-order valence-electron chi connectivity index (χ2n) is 7.79. The van der Waals surface area contributed by atoms with Crippen LogP contribution in [0.25, 0.3) is 11.0 Å². The Balaban J connectivity index is 1.79. The van der Waals surface area contributed by atoms with Gasteiger partial charge in [-0.25, -0.2) is 9.67 Å². The van der Waals surface area contributed by atoms with Crippen molar-refractivity contribution >= 4 is 16.9 Å². The van der Waals surface area contributed by atoms with Crippen molar-refractivity contribution in [1.82, 2.24) is 19.7 Å². The summed E-state index contributed by atoms with van der Waals surface area (Å²) >= 11 is 0. The molecule has 4 rings (SSSR count). The van der Waals surface area contributed by atoms with Crippen molar-refractivity contribution in [1.29, 1.82) is 0 Å². The minimum absolute atomic E-state index is 0.152. The van der Waals surface area contributed by atoms with Gasteiger partial charge in [-0.2, -0.15) is 5.10 Å². The van der Waals surface area contributed by atoms with Crippen LogP contribution in [0.15, 0.2) is 12.3 Å². The SMILES string of the molecule is CC1CCCN(C(=O)c2cc(C3CC3)nc3c2cnn3C(C)C)C1. The molecule has 2 aliphatic rings. The highest BCUT2D eigenvalue weighted by Gasteiger charge is 2.30. The molecule has 0 spiro atoms. The van der Waals surface area contributed by atoms with E-state index < -0.39 is 0 Å². The summed E-state index contributed by atoms with van der Waals surface area (Å²) in [5.41, 5.74) is 2.73. The molecule has 0 aromatic carbocycles. The Morgan fingerprint density at radius 1 is 1.29 bits per heavy atom. The van der Waals surface area contributed by atoms with Crippen molar-refractivity contribution < 1.29 is 4.79 Å². The summed E-state index contributed by atoms with van der Waals surface area (Å²) < 4.78 is 1.94. The lowest BCUT2D eigenvalue weighted by Crippen LogP contribution is -2.39. The Hall–Kier alpha value is -1.91. The molecule has 1 unspecified atom stereocenters. The van der Waals surface area contributed by atoms with Gasteiger partial charge in [0, 0.05) is 30.7 Å². The molecule has 24 heavy (non-hydrogen) atoms. The standard InChI is InChI=1S/C19H26N4O/c1-12(2)23-18-16(10-20-23)15(9-17(21-18)14-6-7-14)19(24)22-8-4-5-13(3)11-22/h9-10,12-14H,4-8,11H2,1-3H3. The van der Waals surface area contributed by atoms with E-state index in [1.807, 2.05) is 21.8 Å². The Morgan fingerprint density at radius 2 is 2.08 bits per heavy atom. The van der Waals surface area contributed by atoms with E-state index in [2.05, 4.69) is 25.9 Å². The Kier molecular flexibility index (Phi) is 3.82. The maximum absolute atomic E-state index is 13.2. The van der Waals surface area contributed by atoms with Crippen LogP contribution >= 0.6 is 0 Å². The van der Waals surface area contributed by atoms with Gasteiger partial charge in [0.1, 0.15) is 0 Å². The fraction of sp³-hybridized carbons (Fsp3) is 0.632. The fourth-order valence-electron chi connectivity index (χ4n) is 3.72. The van der Waals surface area contributed by atoms with E-state index in [-0.39, 0.29) is 11.9 Å². The predicted molar refractivity (Wildman–Crippen MR) is 94.2 cm³/mol. The van der Waals surface area contributed by atoms with Gasteiger partial charge >= 0.3 is 0 Å². The fourth-order valence-corrected chi connectivity index (χ4v) is 3.72. The lowest BCUT2D eigenvalue weighted by molar-refractivity contribution is 0.0685. The molecule has 5 heteroatoms. The topological polar surface area (TPSA) is 51.0 Å². The molecule has 0 radical (unpaired) electrons. The van der Waals surface area contributed by atoms with Crippen LogP contribution in [0.1, 0.15) is 74.5 Å². The van der Waals surface area contributed by atoms with Gasteiger partial charge in [-0.1, -0.05) is 6.92 Å². The second-order valence-corrected chi connectivity index (χ2v) is 7.79. The number of hydrogen-bond donors (Lipinski definition) is 0. The zero-order valence-electron chi connectivity index (χ0n) is 14.8. The molecular weight excluding hydrogens is 300 g/mol. The second kappa shape index (κ2) is 5.87. The van der Waals surface area contributed by atoms with Crippen LogP contribution in [-0.2, 0) is 0 Å². The van der Waals surface area contributed by atoms with Crippen LogP contribution in [0, 0.1) is 5.92 Å². The van der Waals surface area contributed by atoms with Crippen LogP contribution < -0.4 is 0 Å². The van der Waals surface area contributed by atoms with Gasteiger partial charge < -0.3 is 4.90 Å². The summed E-state index contributed by atoms with van der Waals surface area (Å²) in [7, 11) is 0. The molecular formula is C19H26N4O. The van der Waals surface area contributed by atoms with Crippen LogP contribution in [-0.4, -0.2) is 38.7 Å². The lowest BCUT2D eigenvalue weighted by Gasteiger charge is -2.31. The van der Waals surface area contributed by atoms with Crippen LogP contribution in [0.2, 0.25) is 0 Å². The molecule has 1 saturated heterocycles. The quantitative estimate of drug-likeness (QED) is 0.863. The van der Waals surface area contributed by atoms with Crippen molar-refractivity contribution in [2.24, 2.45) is 5.92 Å². The van der Waals surface area contributed by atoms with Crippen LogP contribution in [0.5, 0.6) is 0 Å². The zero-order valence-corrected chi connectivity index (χ0v) is 14.8. The molecule has 128 valence electrons. The van der Waals surface area contributed by atoms with Crippen molar-refractivity contribution in [2.75, 3.05) is 13.1 Å². The molecule has 1 saturated carbocycles. The summed E-state index contributed by atoms with van der Waals surface area (Å²) in [6, 6.07) is 2.27. The molecule has 2 aromatic heterocycles. The highest BCUT2D eigenvalue weighted by Crippen LogP contribution is 2.40. The normalized spacial score (nSPS) is 21.7. The van der Waals surface area contributed by atoms with Crippen molar-refractivity contribution in [3.8, 4) is 0 Å². The maximum atomic E-state index is 13.2. The third kappa shape index (κ3) is 2.70. The minimum atomic E-state index is 0.152. The third-order valence-corrected chi connectivity index (χ3v) is 5.25. The van der Waals surface area contributed by atoms with E-state index in [9.17, 15) is 4.79 Å². The predicted octanol–water partition coefficient (Wildman–Crippen LogP) is 3.76. The molecule has 2 aromatic rings. The third-order valence-electron chi connectivity index (χ3n) is 5.25. The van der Waals surface area contributed by atoms with Gasteiger partial charge in [-0.3, -0.25) is 4.79 Å². The largest absolute Gasteiger partial charge is 0.338 e. The van der Waals surface area contributed by atoms with Crippen LogP contribution in [0.3, 0.4) is 0 Å². The summed E-state index contributed by atoms with van der Waals surface area (Å²) in [4.78, 5) is 20.1. The summed E-state index contributed by atoms with van der Waals surface area (Å²) in [6.07, 6.45) is 6.50. The molecule has 0 N–H and O–H groups in total. The first-order chi connectivity index (χ1) is 11.5. The van der Waals surface area contributed by atoms with E-state index in [0.29, 0.717) is 11.8 Å². The minimum Gasteiger partial charge on any atom is -0.338 e. The molecule has 1 aliphatic heterocycles. The summed E-state index contributed by atoms with van der Waals surface area (Å²) in [6.45, 7) is 8.16. The van der Waals surface area contributed by atoms with Crippen molar-refractivity contribution in [3.63, 3.8) is 0 Å². The Bertz CT molecular complexity index is 775. The van der Waals surface area contributed by atoms with Crippen LogP contribution in [0.4, 0.5) is 0 Å². The van der Waals surface area contributed by atoms with Crippen molar-refractivity contribution in [3.05, 3.63) is 23.5 Å². The van der Waals surface area contributed by atoms with E-state index in [0.717, 1.165) is 41.8 Å². The molecule has 1 atom stereocenters. The maximum Gasteiger partial charge on any atom is 0.254 e. The van der Waals surface area contributed by atoms with E-state index in [4.69, 9.17) is 4.98 Å². The van der Waals surface area contributed by atoms with Gasteiger partial charge in [0.15, 0.2) is 5.65 Å². The van der Waals surface area contributed by atoms with E-state index >= 15 is 0 Å². The number of pyridine rings is 1. The first-order valence-electron chi connectivity index (χ1n) is 9.22. The first-order valence-corrected chi connectivity index (χ1v) is 9.22. The number of fused-ring (bicyclic) bond motifs is 1. The summed E-state index contributed by atoms with van der Waals surface area (Å²) in [5, 5.41) is 5.40. The molecule has 3 heterocycles. The van der Waals surface area contributed by atoms with Gasteiger partial charge in [-0.15, -0.1) is 0 Å². The number of likely N-dealkylation sites (tertiary alicyclic amines) is 1. The average molecular weight is 326 g/mol. The lowest BCUT2D eigenvalue weighted by atomic mass is 9.99. The average Bonchev–Trinajstić information content (AvgIpc) is 3.32. The molecule has 5 nitrogen and oxygen atoms in total. The number of aromatic nitrogens is 3. The number of hydrogen-bond acceptors (Lipinski definition) is 3. The zero-order chi connectivity index (χ0) is 16.8. The number of piperidine rings is 1. The number of amides is 1. The molecule has 0 bridgehead atoms. The van der Waals surface area contributed by atoms with Gasteiger partial charge in [0.2, 0.25) is 0 Å². The number of carbonyl (C=O) groups is 1. The smallest absolute Gasteiger partial charge is 0.254 e. The number of nitrogens with zero attached hydrogens (tertiary/aromatic N) is 4. The van der Waals surface area contributed by atoms with Gasteiger partial charge in [0.05, 0.1) is 17.1 Å². The monoisotopic (exact) mass is 326 g/mol. The highest BCUT2D eigenvalue weighted by molar-refractivity contribution is 6.05. The first kappa shape index (κ1) is 15.6. The Labute approximate surface area is 143 Å². The molecule has 2 fully saturated rings. The molecule has 1 aliphatic carbocycles. The van der Waals surface area contributed by atoms with E-state index in [1.165, 1.54) is 19.3 Å². The molecule has 1 amide bonds. The van der Waals surface area contributed by atoms with Crippen molar-refractivity contribution in [2.45, 2.75) is 58.4 Å². The Morgan fingerprint density at radius 3 is 2.75 bits per heavy atom. The number of rotatable bonds is 3. The van der Waals surface area contributed by atoms with Gasteiger partial charge in [0.25, 0.3) is 5.91 Å². The highest BCUT2D eigenvalue weighted by atomic mass is 16.2. The number of carbonyl (C=O) groups excluding carboxylic acids is 1. The summed E-state index contributed by atoms with van der Waals surface area (Å²) in [5.74, 6) is 1.26. The van der Waals surface area contributed by atoms with Gasteiger partial charge in [-0.05, 0) is 51.5 Å².